The van der Waals surface area contributed by atoms with E-state index in [2.05, 4.69) is 20.3 Å². The zero-order valence-electron chi connectivity index (χ0n) is 12.3. The number of imidazole rings is 1. The maximum Gasteiger partial charge on any atom is 0.372 e. The van der Waals surface area contributed by atoms with Crippen LogP contribution >= 0.6 is 0 Å². The summed E-state index contributed by atoms with van der Waals surface area (Å²) in [5.74, 6) is 0.177. The third-order valence-electron chi connectivity index (χ3n) is 2.86. The Labute approximate surface area is 127 Å². The van der Waals surface area contributed by atoms with Crippen LogP contribution in [0.3, 0.4) is 0 Å². The van der Waals surface area contributed by atoms with Gasteiger partial charge in [-0.1, -0.05) is 6.92 Å². The lowest BCUT2D eigenvalue weighted by Gasteiger charge is -2.09. The first-order valence-corrected chi connectivity index (χ1v) is 7.04. The van der Waals surface area contributed by atoms with E-state index in [4.69, 9.17) is 4.74 Å². The number of anilines is 1. The van der Waals surface area contributed by atoms with Crippen molar-refractivity contribution >= 4 is 11.5 Å². The Morgan fingerprint density at radius 1 is 1.45 bits per heavy atom. The molecule has 0 aromatic carbocycles. The highest BCUT2D eigenvalue weighted by atomic mass is 16.6. The van der Waals surface area contributed by atoms with Crippen molar-refractivity contribution in [1.29, 1.82) is 0 Å². The Morgan fingerprint density at radius 3 is 3.00 bits per heavy atom. The van der Waals surface area contributed by atoms with Gasteiger partial charge in [0.1, 0.15) is 6.33 Å². The number of nitro groups is 1. The highest BCUT2D eigenvalue weighted by Gasteiger charge is 2.24. The minimum Gasteiger partial charge on any atom is -0.473 e. The van der Waals surface area contributed by atoms with E-state index in [-0.39, 0.29) is 17.4 Å². The van der Waals surface area contributed by atoms with Crippen LogP contribution < -0.4 is 10.1 Å². The molecule has 2 aromatic rings. The normalized spacial score (nSPS) is 10.4. The number of nitrogens with zero attached hydrogens (tertiary/aromatic N) is 5. The number of aryl methyl sites for hydroxylation is 1. The van der Waals surface area contributed by atoms with E-state index in [0.29, 0.717) is 13.2 Å². The van der Waals surface area contributed by atoms with Gasteiger partial charge in [0.05, 0.1) is 17.9 Å². The van der Waals surface area contributed by atoms with Crippen molar-refractivity contribution < 1.29 is 9.66 Å². The molecule has 0 bridgehead atoms. The molecule has 0 fully saturated rings. The molecule has 118 valence electrons. The maximum atomic E-state index is 11.2. The predicted molar refractivity (Wildman–Crippen MR) is 79.8 cm³/mol. The highest BCUT2D eigenvalue weighted by Crippen LogP contribution is 2.30. The monoisotopic (exact) mass is 306 g/mol. The summed E-state index contributed by atoms with van der Waals surface area (Å²) in [6.45, 7) is 3.61. The molecule has 0 spiro atoms. The number of nitrogens with one attached hydrogen (secondary N) is 1. The number of ether oxygens (including phenoxy) is 1. The van der Waals surface area contributed by atoms with E-state index in [1.54, 1.807) is 12.5 Å². The van der Waals surface area contributed by atoms with Gasteiger partial charge in [0.25, 0.3) is 5.88 Å². The smallest absolute Gasteiger partial charge is 0.372 e. The van der Waals surface area contributed by atoms with E-state index in [0.717, 1.165) is 19.4 Å². The van der Waals surface area contributed by atoms with Crippen LogP contribution in [0.4, 0.5) is 11.5 Å². The number of hydrogen-bond donors (Lipinski definition) is 1. The van der Waals surface area contributed by atoms with Gasteiger partial charge >= 0.3 is 5.69 Å². The van der Waals surface area contributed by atoms with Crippen LogP contribution in [-0.2, 0) is 6.54 Å². The average Bonchev–Trinajstić information content (AvgIpc) is 3.02. The predicted octanol–water partition coefficient (Wildman–Crippen LogP) is 1.87. The first kappa shape index (κ1) is 15.7. The van der Waals surface area contributed by atoms with Gasteiger partial charge < -0.3 is 14.6 Å². The van der Waals surface area contributed by atoms with Crippen molar-refractivity contribution in [3.05, 3.63) is 35.2 Å². The summed E-state index contributed by atoms with van der Waals surface area (Å²) in [6.07, 6.45) is 8.08. The van der Waals surface area contributed by atoms with E-state index in [1.165, 1.54) is 6.33 Å². The third-order valence-corrected chi connectivity index (χ3v) is 2.86. The minimum atomic E-state index is -0.525. The summed E-state index contributed by atoms with van der Waals surface area (Å²) < 4.78 is 7.24. The highest BCUT2D eigenvalue weighted by molar-refractivity contribution is 5.61. The molecule has 2 heterocycles. The van der Waals surface area contributed by atoms with Crippen molar-refractivity contribution in [2.24, 2.45) is 0 Å². The standard InChI is InChI=1S/C13H18N6O3/c1-2-8-22-13-11(19(20)21)12(16-9-17-13)15-4-3-6-18-7-5-14-10-18/h5,7,9-10H,2-4,6,8H2,1H3,(H,15,16,17). The Morgan fingerprint density at radius 2 is 2.32 bits per heavy atom. The number of aromatic nitrogens is 4. The Kier molecular flexibility index (Phi) is 5.64. The van der Waals surface area contributed by atoms with Crippen molar-refractivity contribution in [1.82, 2.24) is 19.5 Å². The summed E-state index contributed by atoms with van der Waals surface area (Å²) in [5, 5.41) is 14.2. The second-order valence-electron chi connectivity index (χ2n) is 4.56. The summed E-state index contributed by atoms with van der Waals surface area (Å²) >= 11 is 0. The van der Waals surface area contributed by atoms with Gasteiger partial charge in [-0.05, 0) is 12.8 Å². The van der Waals surface area contributed by atoms with Gasteiger partial charge in [0, 0.05) is 25.5 Å². The topological polar surface area (TPSA) is 108 Å². The molecule has 0 atom stereocenters. The molecule has 0 amide bonds. The molecule has 0 saturated carbocycles. The molecule has 0 aliphatic heterocycles. The molecule has 2 aromatic heterocycles. The van der Waals surface area contributed by atoms with Crippen LogP contribution in [0.5, 0.6) is 5.88 Å². The first-order valence-electron chi connectivity index (χ1n) is 7.04. The molecular formula is C13H18N6O3. The van der Waals surface area contributed by atoms with Crippen LogP contribution in [-0.4, -0.2) is 37.6 Å². The van der Waals surface area contributed by atoms with Crippen LogP contribution in [0.1, 0.15) is 19.8 Å². The Balaban J connectivity index is 1.98. The molecule has 0 saturated heterocycles. The van der Waals surface area contributed by atoms with E-state index < -0.39 is 4.92 Å². The Hall–Kier alpha value is -2.71. The van der Waals surface area contributed by atoms with Gasteiger partial charge in [-0.15, -0.1) is 0 Å². The molecule has 2 rings (SSSR count). The SMILES string of the molecule is CCCOc1ncnc(NCCCn2ccnc2)c1[N+](=O)[O-]. The number of rotatable bonds is 9. The molecule has 9 nitrogen and oxygen atoms in total. The average molecular weight is 306 g/mol. The van der Waals surface area contributed by atoms with Crippen LogP contribution in [0.25, 0.3) is 0 Å². The van der Waals surface area contributed by atoms with Crippen molar-refractivity contribution in [2.75, 3.05) is 18.5 Å². The fourth-order valence-electron chi connectivity index (χ4n) is 1.85. The van der Waals surface area contributed by atoms with Gasteiger partial charge in [-0.2, -0.15) is 4.98 Å². The zero-order valence-corrected chi connectivity index (χ0v) is 12.3. The van der Waals surface area contributed by atoms with Gasteiger partial charge in [-0.3, -0.25) is 10.1 Å². The lowest BCUT2D eigenvalue weighted by molar-refractivity contribution is -0.385. The van der Waals surface area contributed by atoms with E-state index in [1.807, 2.05) is 17.7 Å². The minimum absolute atomic E-state index is 0.000963. The number of hydrogen-bond acceptors (Lipinski definition) is 7. The van der Waals surface area contributed by atoms with Crippen LogP contribution in [0.2, 0.25) is 0 Å². The Bertz CT molecular complexity index is 602. The summed E-state index contributed by atoms with van der Waals surface area (Å²) in [7, 11) is 0. The molecule has 0 unspecified atom stereocenters. The van der Waals surface area contributed by atoms with Crippen LogP contribution in [0.15, 0.2) is 25.0 Å². The molecule has 1 N–H and O–H groups in total. The quantitative estimate of drug-likeness (QED) is 0.428. The van der Waals surface area contributed by atoms with Crippen molar-refractivity contribution in [3.8, 4) is 5.88 Å². The largest absolute Gasteiger partial charge is 0.473 e. The second-order valence-corrected chi connectivity index (χ2v) is 4.56. The van der Waals surface area contributed by atoms with Gasteiger partial charge in [0.2, 0.25) is 5.82 Å². The fourth-order valence-corrected chi connectivity index (χ4v) is 1.85. The van der Waals surface area contributed by atoms with Crippen molar-refractivity contribution in [3.63, 3.8) is 0 Å². The fraction of sp³-hybridized carbons (Fsp3) is 0.462. The van der Waals surface area contributed by atoms with Gasteiger partial charge in [-0.25, -0.2) is 9.97 Å². The summed E-state index contributed by atoms with van der Waals surface area (Å²) in [4.78, 5) is 22.4. The zero-order chi connectivity index (χ0) is 15.8. The van der Waals surface area contributed by atoms with Gasteiger partial charge in [0.15, 0.2) is 0 Å². The summed E-state index contributed by atoms with van der Waals surface area (Å²) in [5.41, 5.74) is -0.224. The molecule has 9 heteroatoms. The van der Waals surface area contributed by atoms with Crippen LogP contribution in [0, 0.1) is 10.1 Å². The molecule has 0 radical (unpaired) electrons. The molecular weight excluding hydrogens is 288 g/mol. The molecule has 0 aliphatic rings. The second kappa shape index (κ2) is 7.91. The van der Waals surface area contributed by atoms with Crippen molar-refractivity contribution in [2.45, 2.75) is 26.3 Å². The van der Waals surface area contributed by atoms with E-state index in [9.17, 15) is 10.1 Å². The third kappa shape index (κ3) is 4.14. The first-order chi connectivity index (χ1) is 10.7. The lowest BCUT2D eigenvalue weighted by atomic mass is 10.4. The summed E-state index contributed by atoms with van der Waals surface area (Å²) in [6, 6.07) is 0. The van der Waals surface area contributed by atoms with E-state index >= 15 is 0 Å². The lowest BCUT2D eigenvalue weighted by Crippen LogP contribution is -2.11. The molecule has 0 aliphatic carbocycles. The molecule has 22 heavy (non-hydrogen) atoms. The maximum absolute atomic E-state index is 11.2.